The molecule has 1 aromatic heterocycles. The van der Waals surface area contributed by atoms with Gasteiger partial charge in [-0.05, 0) is 25.8 Å². The third-order valence-corrected chi connectivity index (χ3v) is 2.26. The number of nitrogens with two attached hydrogens (primary N) is 1. The van der Waals surface area contributed by atoms with E-state index in [9.17, 15) is 0 Å². The van der Waals surface area contributed by atoms with Crippen LogP contribution in [0.2, 0.25) is 0 Å². The number of hydrogen-bond acceptors (Lipinski definition) is 3. The van der Waals surface area contributed by atoms with Crippen LogP contribution in [0.4, 0.5) is 0 Å². The van der Waals surface area contributed by atoms with Crippen LogP contribution in [0.5, 0.6) is 0 Å². The number of rotatable bonds is 5. The zero-order valence-corrected chi connectivity index (χ0v) is 8.40. The van der Waals surface area contributed by atoms with Crippen molar-refractivity contribution in [3.8, 4) is 0 Å². The Kier molecular flexibility index (Phi) is 3.89. The summed E-state index contributed by atoms with van der Waals surface area (Å²) in [6.45, 7) is 5.88. The Hall–Kier alpha value is -0.900. The number of nitrogens with zero attached hydrogens (tertiary/aromatic N) is 3. The van der Waals surface area contributed by atoms with Crippen molar-refractivity contribution in [2.45, 2.75) is 33.2 Å². The fraction of sp³-hybridized carbons (Fsp3) is 0.778. The molecule has 0 radical (unpaired) electrons. The summed E-state index contributed by atoms with van der Waals surface area (Å²) >= 11 is 0. The second-order valence-electron chi connectivity index (χ2n) is 3.37. The largest absolute Gasteiger partial charge is 0.330 e. The summed E-state index contributed by atoms with van der Waals surface area (Å²) in [6, 6.07) is 0. The van der Waals surface area contributed by atoms with E-state index in [1.807, 2.05) is 4.68 Å². The first-order chi connectivity index (χ1) is 6.27. The minimum Gasteiger partial charge on any atom is -0.330 e. The van der Waals surface area contributed by atoms with Gasteiger partial charge in [-0.25, -0.2) is 4.98 Å². The van der Waals surface area contributed by atoms with Crippen LogP contribution < -0.4 is 5.73 Å². The van der Waals surface area contributed by atoms with Crippen LogP contribution in [0.1, 0.15) is 26.1 Å². The Balaban J connectivity index is 2.44. The Labute approximate surface area is 79.2 Å². The van der Waals surface area contributed by atoms with Crippen molar-refractivity contribution < 1.29 is 0 Å². The minimum atomic E-state index is 0.571. The maximum atomic E-state index is 5.54. The van der Waals surface area contributed by atoms with Crippen LogP contribution in [0.25, 0.3) is 0 Å². The van der Waals surface area contributed by atoms with Gasteiger partial charge in [-0.1, -0.05) is 6.92 Å². The van der Waals surface area contributed by atoms with Gasteiger partial charge in [0.05, 0.1) is 0 Å². The quantitative estimate of drug-likeness (QED) is 0.733. The van der Waals surface area contributed by atoms with E-state index in [0.29, 0.717) is 5.92 Å². The Morgan fingerprint density at radius 3 is 3.00 bits per heavy atom. The molecule has 1 rings (SSSR count). The lowest BCUT2D eigenvalue weighted by atomic mass is 10.1. The molecule has 0 bridgehead atoms. The fourth-order valence-electron chi connectivity index (χ4n) is 1.24. The first-order valence-corrected chi connectivity index (χ1v) is 4.84. The SMILES string of the molecule is CCn1ncnc1CCC(C)CN. The van der Waals surface area contributed by atoms with E-state index in [0.717, 1.165) is 31.8 Å². The Morgan fingerprint density at radius 2 is 2.38 bits per heavy atom. The van der Waals surface area contributed by atoms with Crippen LogP contribution in [0.15, 0.2) is 6.33 Å². The predicted molar refractivity (Wildman–Crippen MR) is 52.2 cm³/mol. The molecule has 1 heterocycles. The maximum Gasteiger partial charge on any atom is 0.138 e. The van der Waals surface area contributed by atoms with Crippen molar-refractivity contribution in [1.82, 2.24) is 14.8 Å². The first-order valence-electron chi connectivity index (χ1n) is 4.84. The molecule has 0 aliphatic heterocycles. The van der Waals surface area contributed by atoms with Gasteiger partial charge < -0.3 is 5.73 Å². The second kappa shape index (κ2) is 4.97. The van der Waals surface area contributed by atoms with E-state index in [1.165, 1.54) is 0 Å². The lowest BCUT2D eigenvalue weighted by Gasteiger charge is -2.07. The number of hydrogen-bond donors (Lipinski definition) is 1. The highest BCUT2D eigenvalue weighted by Crippen LogP contribution is 2.05. The lowest BCUT2D eigenvalue weighted by Crippen LogP contribution is -2.13. The van der Waals surface area contributed by atoms with Crippen molar-refractivity contribution in [2.24, 2.45) is 11.7 Å². The van der Waals surface area contributed by atoms with Crippen molar-refractivity contribution in [2.75, 3.05) is 6.54 Å². The van der Waals surface area contributed by atoms with Gasteiger partial charge in [0.2, 0.25) is 0 Å². The average molecular weight is 182 g/mol. The summed E-state index contributed by atoms with van der Waals surface area (Å²) in [4.78, 5) is 4.20. The summed E-state index contributed by atoms with van der Waals surface area (Å²) < 4.78 is 1.93. The Bertz CT molecular complexity index is 244. The third-order valence-electron chi connectivity index (χ3n) is 2.26. The lowest BCUT2D eigenvalue weighted by molar-refractivity contribution is 0.515. The van der Waals surface area contributed by atoms with Crippen LogP contribution in [0.3, 0.4) is 0 Å². The molecule has 0 amide bonds. The molecule has 4 heteroatoms. The highest BCUT2D eigenvalue weighted by molar-refractivity contribution is 4.84. The van der Waals surface area contributed by atoms with Crippen molar-refractivity contribution in [1.29, 1.82) is 0 Å². The zero-order chi connectivity index (χ0) is 9.68. The molecule has 1 atom stereocenters. The van der Waals surface area contributed by atoms with E-state index >= 15 is 0 Å². The maximum absolute atomic E-state index is 5.54. The van der Waals surface area contributed by atoms with E-state index in [2.05, 4.69) is 23.9 Å². The van der Waals surface area contributed by atoms with Gasteiger partial charge in [0, 0.05) is 13.0 Å². The minimum absolute atomic E-state index is 0.571. The summed E-state index contributed by atoms with van der Waals surface area (Å²) in [5.41, 5.74) is 5.54. The molecule has 13 heavy (non-hydrogen) atoms. The van der Waals surface area contributed by atoms with Gasteiger partial charge in [-0.3, -0.25) is 4.68 Å². The van der Waals surface area contributed by atoms with Gasteiger partial charge >= 0.3 is 0 Å². The molecule has 0 saturated carbocycles. The van der Waals surface area contributed by atoms with Gasteiger partial charge in [0.1, 0.15) is 12.2 Å². The Morgan fingerprint density at radius 1 is 1.62 bits per heavy atom. The summed E-state index contributed by atoms with van der Waals surface area (Å²) in [7, 11) is 0. The van der Waals surface area contributed by atoms with E-state index in [4.69, 9.17) is 5.73 Å². The molecule has 2 N–H and O–H groups in total. The fourth-order valence-corrected chi connectivity index (χ4v) is 1.24. The van der Waals surface area contributed by atoms with E-state index < -0.39 is 0 Å². The molecule has 1 unspecified atom stereocenters. The van der Waals surface area contributed by atoms with Crippen molar-refractivity contribution in [3.05, 3.63) is 12.2 Å². The van der Waals surface area contributed by atoms with Gasteiger partial charge in [-0.2, -0.15) is 5.10 Å². The van der Waals surface area contributed by atoms with Gasteiger partial charge in [0.15, 0.2) is 0 Å². The van der Waals surface area contributed by atoms with Crippen LogP contribution in [0, 0.1) is 5.92 Å². The molecule has 0 aliphatic carbocycles. The van der Waals surface area contributed by atoms with Crippen LogP contribution in [-0.2, 0) is 13.0 Å². The number of aromatic nitrogens is 3. The highest BCUT2D eigenvalue weighted by Gasteiger charge is 2.05. The summed E-state index contributed by atoms with van der Waals surface area (Å²) in [6.07, 6.45) is 3.69. The number of aryl methyl sites for hydroxylation is 2. The van der Waals surface area contributed by atoms with Crippen molar-refractivity contribution in [3.63, 3.8) is 0 Å². The van der Waals surface area contributed by atoms with Crippen LogP contribution in [-0.4, -0.2) is 21.3 Å². The average Bonchev–Trinajstić information content (AvgIpc) is 2.61. The summed E-state index contributed by atoms with van der Waals surface area (Å²) in [5, 5.41) is 4.11. The molecule has 74 valence electrons. The van der Waals surface area contributed by atoms with Crippen molar-refractivity contribution >= 4 is 0 Å². The first kappa shape index (κ1) is 10.2. The monoisotopic (exact) mass is 182 g/mol. The molecule has 4 nitrogen and oxygen atoms in total. The van der Waals surface area contributed by atoms with Gasteiger partial charge in [-0.15, -0.1) is 0 Å². The summed E-state index contributed by atoms with van der Waals surface area (Å²) in [5.74, 6) is 1.64. The smallest absolute Gasteiger partial charge is 0.138 e. The topological polar surface area (TPSA) is 56.7 Å². The van der Waals surface area contributed by atoms with E-state index in [-0.39, 0.29) is 0 Å². The molecular formula is C9H18N4. The third kappa shape index (κ3) is 2.81. The van der Waals surface area contributed by atoms with E-state index in [1.54, 1.807) is 6.33 Å². The molecular weight excluding hydrogens is 164 g/mol. The molecule has 0 saturated heterocycles. The van der Waals surface area contributed by atoms with Gasteiger partial charge in [0.25, 0.3) is 0 Å². The molecule has 0 spiro atoms. The molecule has 0 aliphatic rings. The molecule has 1 aromatic rings. The van der Waals surface area contributed by atoms with Crippen LogP contribution >= 0.6 is 0 Å². The standard InChI is InChI=1S/C9H18N4/c1-3-13-9(11-7-12-13)5-4-8(2)6-10/h7-8H,3-6,10H2,1-2H3. The zero-order valence-electron chi connectivity index (χ0n) is 8.40. The second-order valence-corrected chi connectivity index (χ2v) is 3.37. The normalized spacial score (nSPS) is 13.2. The highest BCUT2D eigenvalue weighted by atomic mass is 15.3. The molecule has 0 fully saturated rings. The predicted octanol–water partition coefficient (Wildman–Crippen LogP) is 0.825. The molecule has 0 aromatic carbocycles.